The van der Waals surface area contributed by atoms with E-state index in [0.29, 0.717) is 62.4 Å². The summed E-state index contributed by atoms with van der Waals surface area (Å²) in [5, 5.41) is 2.69. The van der Waals surface area contributed by atoms with Gasteiger partial charge in [-0.05, 0) is 49.8 Å². The molecule has 2 aromatic rings. The first-order valence-electron chi connectivity index (χ1n) is 13.6. The van der Waals surface area contributed by atoms with Gasteiger partial charge in [0.05, 0.1) is 11.2 Å². The van der Waals surface area contributed by atoms with Gasteiger partial charge in [-0.3, -0.25) is 19.6 Å². The molecule has 6 rings (SSSR count). The number of nitrogens with two attached hydrogens (primary N) is 2. The van der Waals surface area contributed by atoms with Gasteiger partial charge in [-0.1, -0.05) is 6.07 Å². The molecule has 0 radical (unpaired) electrons. The summed E-state index contributed by atoms with van der Waals surface area (Å²) < 4.78 is 7.54. The summed E-state index contributed by atoms with van der Waals surface area (Å²) in [4.78, 5) is 47.8. The van der Waals surface area contributed by atoms with Crippen molar-refractivity contribution in [1.29, 1.82) is 0 Å². The summed E-state index contributed by atoms with van der Waals surface area (Å²) in [6.45, 7) is 7.60. The second-order valence-corrected chi connectivity index (χ2v) is 11.7. The minimum absolute atomic E-state index is 0. The van der Waals surface area contributed by atoms with Crippen LogP contribution in [0.3, 0.4) is 0 Å². The Balaban J connectivity index is 0.00000323. The number of fused-ring (bicyclic) bond motifs is 2. The number of nitrogens with one attached hydrogen (secondary N) is 1. The number of aromatic nitrogens is 2. The maximum atomic E-state index is 12.8. The molecule has 4 aliphatic rings. The average Bonchev–Trinajstić information content (AvgIpc) is 3.30. The molecule has 4 heterocycles. The molecule has 13 heteroatoms. The van der Waals surface area contributed by atoms with Crippen LogP contribution < -0.4 is 27.2 Å². The lowest BCUT2D eigenvalue weighted by Crippen LogP contribution is -2.58. The molecule has 3 aliphatic heterocycles. The van der Waals surface area contributed by atoms with Gasteiger partial charge in [0.25, 0.3) is 0 Å². The number of carbonyl (C=O) groups is 2. The van der Waals surface area contributed by atoms with E-state index in [2.05, 4.69) is 15.2 Å². The Morgan fingerprint density at radius 3 is 2.40 bits per heavy atom. The fraction of sp³-hybridized carbons (Fsp3) is 0.556. The molecule has 216 valence electrons. The number of ether oxygens (including phenoxy) is 1. The smallest absolute Gasteiger partial charge is 0.354 e. The van der Waals surface area contributed by atoms with Crippen LogP contribution >= 0.6 is 12.4 Å². The van der Waals surface area contributed by atoms with Crippen LogP contribution in [-0.2, 0) is 11.2 Å². The summed E-state index contributed by atoms with van der Waals surface area (Å²) in [6, 6.07) is 7.73. The Labute approximate surface area is 239 Å². The number of benzene rings is 1. The molecule has 3 amide bonds. The lowest BCUT2D eigenvalue weighted by Gasteiger charge is -2.37. The van der Waals surface area contributed by atoms with Crippen LogP contribution in [0.15, 0.2) is 35.3 Å². The van der Waals surface area contributed by atoms with Gasteiger partial charge in [-0.25, -0.2) is 9.59 Å². The first-order valence-corrected chi connectivity index (χ1v) is 13.6. The molecule has 5 N–H and O–H groups in total. The Hall–Kier alpha value is -3.19. The third-order valence-electron chi connectivity index (χ3n) is 8.46. The van der Waals surface area contributed by atoms with Crippen molar-refractivity contribution in [3.63, 3.8) is 0 Å². The first-order chi connectivity index (χ1) is 18.6. The first kappa shape index (κ1) is 28.3. The number of hydrogen-bond acceptors (Lipinski definition) is 8. The number of piperazine rings is 1. The highest BCUT2D eigenvalue weighted by Gasteiger charge is 2.54. The van der Waals surface area contributed by atoms with Crippen molar-refractivity contribution in [1.82, 2.24) is 24.3 Å². The molecule has 12 nitrogen and oxygen atoms in total. The number of likely N-dealkylation sites (tertiary alicyclic amines) is 1. The van der Waals surface area contributed by atoms with E-state index in [9.17, 15) is 14.4 Å². The zero-order chi connectivity index (χ0) is 27.5. The number of piperidine rings is 1. The van der Waals surface area contributed by atoms with Gasteiger partial charge in [0.15, 0.2) is 0 Å². The third kappa shape index (κ3) is 5.40. The van der Waals surface area contributed by atoms with Crippen LogP contribution in [-0.4, -0.2) is 99.7 Å². The molecule has 1 aromatic carbocycles. The van der Waals surface area contributed by atoms with Crippen molar-refractivity contribution >= 4 is 30.2 Å². The second-order valence-electron chi connectivity index (χ2n) is 11.7. The van der Waals surface area contributed by atoms with Gasteiger partial charge in [0, 0.05) is 63.6 Å². The predicted molar refractivity (Wildman–Crippen MR) is 152 cm³/mol. The van der Waals surface area contributed by atoms with Crippen molar-refractivity contribution in [2.75, 3.05) is 51.2 Å². The Morgan fingerprint density at radius 2 is 1.75 bits per heavy atom. The predicted octanol–water partition coefficient (Wildman–Crippen LogP) is 0.260. The minimum atomic E-state index is -0.951. The van der Waals surface area contributed by atoms with Gasteiger partial charge < -0.3 is 26.0 Å². The summed E-state index contributed by atoms with van der Waals surface area (Å²) in [6.07, 6.45) is 2.51. The van der Waals surface area contributed by atoms with E-state index in [1.165, 1.54) is 4.57 Å². The zero-order valence-electron chi connectivity index (χ0n) is 22.8. The molecule has 0 spiro atoms. The Bertz CT molecular complexity index is 1340. The van der Waals surface area contributed by atoms with Gasteiger partial charge in [0.2, 0.25) is 5.91 Å². The summed E-state index contributed by atoms with van der Waals surface area (Å²) in [5.74, 6) is 2.10. The van der Waals surface area contributed by atoms with Crippen LogP contribution in [0.1, 0.15) is 19.4 Å². The average molecular weight is 573 g/mol. The van der Waals surface area contributed by atoms with Crippen molar-refractivity contribution < 1.29 is 14.3 Å². The van der Waals surface area contributed by atoms with E-state index in [1.54, 1.807) is 35.9 Å². The SMILES string of the molecule is CC(C)(N)C(=O)N1CCN(C(=O)Nc2ccn(-c3ccc4c(c3)OCC(N3CC5C(N)C5C3)C4)c(=O)n2)CC1.Cl. The number of halogens is 1. The van der Waals surface area contributed by atoms with E-state index in [0.717, 1.165) is 30.8 Å². The van der Waals surface area contributed by atoms with E-state index < -0.39 is 11.2 Å². The summed E-state index contributed by atoms with van der Waals surface area (Å²) in [5.41, 5.74) is 12.3. The summed E-state index contributed by atoms with van der Waals surface area (Å²) >= 11 is 0. The molecular weight excluding hydrogens is 536 g/mol. The molecule has 40 heavy (non-hydrogen) atoms. The highest BCUT2D eigenvalue weighted by Crippen LogP contribution is 2.45. The number of nitrogens with zero attached hydrogens (tertiary/aromatic N) is 5. The molecule has 2 saturated heterocycles. The van der Waals surface area contributed by atoms with Gasteiger partial charge in [-0.15, -0.1) is 12.4 Å². The van der Waals surface area contributed by atoms with E-state index in [-0.39, 0.29) is 30.2 Å². The normalized spacial score (nSPS) is 25.8. The standard InChI is InChI=1S/C27H36N8O4.ClH/c1-27(2,29)24(36)32-7-9-33(10-8-32)25(37)30-22-5-6-35(26(38)31-22)17-4-3-16-11-18(15-39-21(16)12-17)34-13-19-20(14-34)23(19)28;/h3-6,12,18-20,23H,7-11,13-15,28-29H2,1-2H3,(H,30,31,37,38);1H. The number of urea groups is 1. The number of rotatable bonds is 4. The largest absolute Gasteiger partial charge is 0.492 e. The number of amides is 3. The van der Waals surface area contributed by atoms with Crippen molar-refractivity contribution in [2.24, 2.45) is 23.3 Å². The maximum absolute atomic E-state index is 12.8. The molecular formula is C27H37ClN8O4. The Kier molecular flexibility index (Phi) is 7.55. The highest BCUT2D eigenvalue weighted by atomic mass is 35.5. The van der Waals surface area contributed by atoms with Crippen LogP contribution in [0.2, 0.25) is 0 Å². The molecule has 1 aliphatic carbocycles. The van der Waals surface area contributed by atoms with E-state index in [1.807, 2.05) is 18.2 Å². The highest BCUT2D eigenvalue weighted by molar-refractivity contribution is 5.89. The molecule has 3 fully saturated rings. The lowest BCUT2D eigenvalue weighted by atomic mass is 10.0. The monoisotopic (exact) mass is 572 g/mol. The van der Waals surface area contributed by atoms with Crippen LogP contribution in [0.25, 0.3) is 5.69 Å². The molecule has 0 bridgehead atoms. The fourth-order valence-electron chi connectivity index (χ4n) is 6.01. The van der Waals surface area contributed by atoms with Crippen LogP contribution in [0, 0.1) is 11.8 Å². The van der Waals surface area contributed by atoms with Crippen molar-refractivity contribution in [3.8, 4) is 11.4 Å². The zero-order valence-corrected chi connectivity index (χ0v) is 23.6. The van der Waals surface area contributed by atoms with Crippen LogP contribution in [0.5, 0.6) is 5.75 Å². The maximum Gasteiger partial charge on any atom is 0.354 e. The van der Waals surface area contributed by atoms with Crippen LogP contribution in [0.4, 0.5) is 10.6 Å². The van der Waals surface area contributed by atoms with Crippen molar-refractivity contribution in [2.45, 2.75) is 37.9 Å². The second kappa shape index (κ2) is 10.7. The number of carbonyl (C=O) groups excluding carboxylic acids is 2. The molecule has 3 atom stereocenters. The quantitative estimate of drug-likeness (QED) is 0.472. The van der Waals surface area contributed by atoms with E-state index in [4.69, 9.17) is 16.2 Å². The third-order valence-corrected chi connectivity index (χ3v) is 8.46. The van der Waals surface area contributed by atoms with Crippen molar-refractivity contribution in [3.05, 3.63) is 46.5 Å². The molecule has 1 aromatic heterocycles. The van der Waals surface area contributed by atoms with Gasteiger partial charge >= 0.3 is 11.7 Å². The number of anilines is 1. The molecule has 1 saturated carbocycles. The fourth-order valence-corrected chi connectivity index (χ4v) is 6.01. The summed E-state index contributed by atoms with van der Waals surface area (Å²) in [7, 11) is 0. The Morgan fingerprint density at radius 1 is 1.07 bits per heavy atom. The van der Waals surface area contributed by atoms with Gasteiger partial charge in [-0.2, -0.15) is 4.98 Å². The number of hydrogen-bond donors (Lipinski definition) is 3. The lowest BCUT2D eigenvalue weighted by molar-refractivity contribution is -0.137. The topological polar surface area (TPSA) is 152 Å². The molecule has 3 unspecified atom stereocenters. The van der Waals surface area contributed by atoms with E-state index >= 15 is 0 Å². The minimum Gasteiger partial charge on any atom is -0.492 e. The van der Waals surface area contributed by atoms with Gasteiger partial charge in [0.1, 0.15) is 18.2 Å².